The first kappa shape index (κ1) is 25.5. The van der Waals surface area contributed by atoms with Gasteiger partial charge in [-0.25, -0.2) is 9.59 Å². The third-order valence-corrected chi connectivity index (χ3v) is 5.32. The molecule has 0 atom stereocenters. The van der Waals surface area contributed by atoms with Crippen LogP contribution in [0.15, 0.2) is 84.4 Å². The van der Waals surface area contributed by atoms with Gasteiger partial charge in [0, 0.05) is 25.2 Å². The molecule has 0 saturated carbocycles. The van der Waals surface area contributed by atoms with Crippen LogP contribution in [0.2, 0.25) is 0 Å². The molecule has 1 fully saturated rings. The van der Waals surface area contributed by atoms with Crippen LogP contribution in [0.25, 0.3) is 6.08 Å². The highest BCUT2D eigenvalue weighted by molar-refractivity contribution is 6.18. The number of para-hydroxylation sites is 2. The van der Waals surface area contributed by atoms with Crippen molar-refractivity contribution in [1.29, 1.82) is 0 Å². The van der Waals surface area contributed by atoms with Crippen LogP contribution in [-0.4, -0.2) is 36.8 Å². The zero-order valence-electron chi connectivity index (χ0n) is 20.8. The molecule has 0 bridgehead atoms. The Bertz CT molecular complexity index is 1260. The van der Waals surface area contributed by atoms with E-state index in [4.69, 9.17) is 18.9 Å². The van der Waals surface area contributed by atoms with E-state index >= 15 is 0 Å². The van der Waals surface area contributed by atoms with Gasteiger partial charge >= 0.3 is 11.9 Å². The standard InChI is InChI=1S/C29H27NO7/c1-4-34-25-18-20(17-23-27(32)36-29(2,3)37-28(23)33)15-16-24(25)35-19-26(31)30(21-11-7-5-8-12-21)22-13-9-6-10-14-22/h5-18H,4,19H2,1-3H3. The number of esters is 2. The maximum atomic E-state index is 13.3. The summed E-state index contributed by atoms with van der Waals surface area (Å²) in [6.07, 6.45) is 1.36. The second kappa shape index (κ2) is 11.0. The van der Waals surface area contributed by atoms with Crippen molar-refractivity contribution >= 4 is 35.3 Å². The lowest BCUT2D eigenvalue weighted by Crippen LogP contribution is -2.41. The second-order valence-corrected chi connectivity index (χ2v) is 8.56. The Hall–Kier alpha value is -4.59. The van der Waals surface area contributed by atoms with Gasteiger partial charge in [0.1, 0.15) is 5.57 Å². The number of carbonyl (C=O) groups excluding carboxylic acids is 3. The third kappa shape index (κ3) is 6.16. The van der Waals surface area contributed by atoms with E-state index < -0.39 is 17.7 Å². The molecule has 8 nitrogen and oxygen atoms in total. The molecule has 3 aromatic carbocycles. The first-order chi connectivity index (χ1) is 17.8. The van der Waals surface area contributed by atoms with Crippen molar-refractivity contribution in [3.05, 3.63) is 90.0 Å². The predicted octanol–water partition coefficient (Wildman–Crippen LogP) is 5.05. The summed E-state index contributed by atoms with van der Waals surface area (Å²) in [6.45, 7) is 4.86. The number of rotatable bonds is 8. The SMILES string of the molecule is CCOc1cc(C=C2C(=O)OC(C)(C)OC2=O)ccc1OCC(=O)N(c1ccccc1)c1ccccc1. The van der Waals surface area contributed by atoms with E-state index in [0.29, 0.717) is 35.0 Å². The number of carbonyl (C=O) groups is 3. The number of benzene rings is 3. The summed E-state index contributed by atoms with van der Waals surface area (Å²) in [5, 5.41) is 0. The molecule has 1 heterocycles. The Balaban J connectivity index is 1.55. The van der Waals surface area contributed by atoms with Crippen LogP contribution in [0.4, 0.5) is 11.4 Å². The van der Waals surface area contributed by atoms with Gasteiger partial charge in [0.15, 0.2) is 18.1 Å². The van der Waals surface area contributed by atoms with Gasteiger partial charge in [0.25, 0.3) is 11.7 Å². The van der Waals surface area contributed by atoms with Crippen LogP contribution in [0.3, 0.4) is 0 Å². The molecule has 0 unspecified atom stereocenters. The Kier molecular flexibility index (Phi) is 7.57. The summed E-state index contributed by atoms with van der Waals surface area (Å²) in [7, 11) is 0. The topological polar surface area (TPSA) is 91.4 Å². The molecule has 0 aromatic heterocycles. The van der Waals surface area contributed by atoms with Crippen LogP contribution >= 0.6 is 0 Å². The van der Waals surface area contributed by atoms with Crippen LogP contribution < -0.4 is 14.4 Å². The summed E-state index contributed by atoms with van der Waals surface area (Å²) >= 11 is 0. The maximum Gasteiger partial charge on any atom is 0.348 e. The fraction of sp³-hybridized carbons (Fsp3) is 0.207. The molecule has 0 N–H and O–H groups in total. The quantitative estimate of drug-likeness (QED) is 0.242. The number of nitrogens with zero attached hydrogens (tertiary/aromatic N) is 1. The first-order valence-electron chi connectivity index (χ1n) is 11.8. The Morgan fingerprint density at radius 2 is 1.41 bits per heavy atom. The van der Waals surface area contributed by atoms with Crippen molar-refractivity contribution in [2.75, 3.05) is 18.1 Å². The van der Waals surface area contributed by atoms with Gasteiger partial charge in [-0.3, -0.25) is 9.69 Å². The molecule has 37 heavy (non-hydrogen) atoms. The minimum Gasteiger partial charge on any atom is -0.490 e. The smallest absolute Gasteiger partial charge is 0.348 e. The minimum absolute atomic E-state index is 0.230. The van der Waals surface area contributed by atoms with E-state index in [1.807, 2.05) is 67.6 Å². The van der Waals surface area contributed by atoms with Crippen molar-refractivity contribution in [3.63, 3.8) is 0 Å². The fourth-order valence-electron chi connectivity index (χ4n) is 3.74. The molecular weight excluding hydrogens is 474 g/mol. The molecule has 1 amide bonds. The highest BCUT2D eigenvalue weighted by Gasteiger charge is 2.38. The van der Waals surface area contributed by atoms with Crippen molar-refractivity contribution in [1.82, 2.24) is 0 Å². The van der Waals surface area contributed by atoms with Gasteiger partial charge in [-0.15, -0.1) is 0 Å². The molecule has 1 aliphatic rings. The average Bonchev–Trinajstić information content (AvgIpc) is 2.87. The molecule has 3 aromatic rings. The monoisotopic (exact) mass is 501 g/mol. The third-order valence-electron chi connectivity index (χ3n) is 5.32. The van der Waals surface area contributed by atoms with E-state index in [1.54, 1.807) is 23.1 Å². The molecule has 0 spiro atoms. The molecule has 1 aliphatic heterocycles. The minimum atomic E-state index is -1.32. The molecule has 0 aliphatic carbocycles. The number of amides is 1. The normalized spacial score (nSPS) is 14.3. The van der Waals surface area contributed by atoms with Crippen LogP contribution in [0.5, 0.6) is 11.5 Å². The summed E-state index contributed by atoms with van der Waals surface area (Å²) in [6, 6.07) is 23.5. The van der Waals surface area contributed by atoms with Crippen molar-refractivity contribution in [2.24, 2.45) is 0 Å². The van der Waals surface area contributed by atoms with Gasteiger partial charge in [-0.05, 0) is 55.0 Å². The number of hydrogen-bond donors (Lipinski definition) is 0. The average molecular weight is 502 g/mol. The maximum absolute atomic E-state index is 13.3. The van der Waals surface area contributed by atoms with E-state index in [2.05, 4.69) is 0 Å². The molecule has 1 saturated heterocycles. The summed E-state index contributed by atoms with van der Waals surface area (Å²) in [5.41, 5.74) is 1.69. The Labute approximate surface area is 215 Å². The fourth-order valence-corrected chi connectivity index (χ4v) is 3.74. The van der Waals surface area contributed by atoms with Gasteiger partial charge in [-0.2, -0.15) is 0 Å². The molecule has 190 valence electrons. The van der Waals surface area contributed by atoms with Gasteiger partial charge in [0.05, 0.1) is 6.61 Å². The summed E-state index contributed by atoms with van der Waals surface area (Å²) in [5.74, 6) is -2.44. The Morgan fingerprint density at radius 3 is 1.95 bits per heavy atom. The zero-order chi connectivity index (χ0) is 26.4. The van der Waals surface area contributed by atoms with Gasteiger partial charge in [0.2, 0.25) is 0 Å². The Morgan fingerprint density at radius 1 is 0.838 bits per heavy atom. The van der Waals surface area contributed by atoms with E-state index in [-0.39, 0.29) is 18.1 Å². The molecular formula is C29H27NO7. The number of cyclic esters (lactones) is 2. The van der Waals surface area contributed by atoms with Crippen molar-refractivity contribution < 1.29 is 33.3 Å². The van der Waals surface area contributed by atoms with Crippen molar-refractivity contribution in [3.8, 4) is 11.5 Å². The first-order valence-corrected chi connectivity index (χ1v) is 11.8. The molecule has 0 radical (unpaired) electrons. The number of ether oxygens (including phenoxy) is 4. The van der Waals surface area contributed by atoms with Crippen LogP contribution in [-0.2, 0) is 23.9 Å². The van der Waals surface area contributed by atoms with E-state index in [9.17, 15) is 14.4 Å². The lowest BCUT2D eigenvalue weighted by Gasteiger charge is -2.29. The second-order valence-electron chi connectivity index (χ2n) is 8.56. The van der Waals surface area contributed by atoms with Crippen LogP contribution in [0, 0.1) is 0 Å². The highest BCUT2D eigenvalue weighted by atomic mass is 16.7. The predicted molar refractivity (Wildman–Crippen MR) is 137 cm³/mol. The lowest BCUT2D eigenvalue weighted by molar-refractivity contribution is -0.222. The van der Waals surface area contributed by atoms with Gasteiger partial charge < -0.3 is 18.9 Å². The summed E-state index contributed by atoms with van der Waals surface area (Å²) in [4.78, 5) is 39.4. The number of hydrogen-bond acceptors (Lipinski definition) is 7. The largest absolute Gasteiger partial charge is 0.490 e. The van der Waals surface area contributed by atoms with E-state index in [1.165, 1.54) is 19.9 Å². The highest BCUT2D eigenvalue weighted by Crippen LogP contribution is 2.32. The van der Waals surface area contributed by atoms with E-state index in [0.717, 1.165) is 0 Å². The zero-order valence-corrected chi connectivity index (χ0v) is 20.8. The molecule has 4 rings (SSSR count). The number of anilines is 2. The van der Waals surface area contributed by atoms with Gasteiger partial charge in [-0.1, -0.05) is 42.5 Å². The van der Waals surface area contributed by atoms with Crippen molar-refractivity contribution in [2.45, 2.75) is 26.6 Å². The lowest BCUT2D eigenvalue weighted by atomic mass is 10.1. The molecule has 8 heteroatoms. The summed E-state index contributed by atoms with van der Waals surface area (Å²) < 4.78 is 21.9. The van der Waals surface area contributed by atoms with Crippen LogP contribution in [0.1, 0.15) is 26.3 Å².